The van der Waals surface area contributed by atoms with Crippen LogP contribution in [0.15, 0.2) is 30.3 Å². The Morgan fingerprint density at radius 1 is 1.12 bits per heavy atom. The van der Waals surface area contributed by atoms with Gasteiger partial charge in [-0.3, -0.25) is 15.0 Å². The summed E-state index contributed by atoms with van der Waals surface area (Å²) in [6.07, 6.45) is 2.52. The number of benzene rings is 1. The van der Waals surface area contributed by atoms with Crippen LogP contribution in [-0.4, -0.2) is 53.4 Å². The average Bonchev–Trinajstić information content (AvgIpc) is 2.75. The summed E-state index contributed by atoms with van der Waals surface area (Å²) in [5.41, 5.74) is 2.22. The molecule has 1 heterocycles. The molecule has 1 aliphatic rings. The molecule has 0 bridgehead atoms. The maximum Gasteiger partial charge on any atom is 0.408 e. The summed E-state index contributed by atoms with van der Waals surface area (Å²) in [7, 11) is 0. The van der Waals surface area contributed by atoms with Crippen molar-refractivity contribution < 1.29 is 23.9 Å². The third-order valence-electron chi connectivity index (χ3n) is 4.65. The molecule has 1 aromatic carbocycles. The van der Waals surface area contributed by atoms with Crippen molar-refractivity contribution in [2.75, 3.05) is 12.4 Å². The minimum atomic E-state index is -0.934. The second-order valence-electron chi connectivity index (χ2n) is 8.59. The number of hydrogen-bond donors (Lipinski definition) is 4. The number of alkyl carbamates (subject to hydrolysis) is 1. The first-order valence-electron chi connectivity index (χ1n) is 10.8. The molecule has 1 saturated heterocycles. The van der Waals surface area contributed by atoms with E-state index in [0.29, 0.717) is 12.4 Å². The lowest BCUT2D eigenvalue weighted by Gasteiger charge is -2.26. The number of nitrogens with two attached hydrogens (primary N) is 1. The van der Waals surface area contributed by atoms with Gasteiger partial charge in [0.15, 0.2) is 0 Å². The predicted molar refractivity (Wildman–Crippen MR) is 124 cm³/mol. The van der Waals surface area contributed by atoms with Gasteiger partial charge in [-0.2, -0.15) is 0 Å². The van der Waals surface area contributed by atoms with Gasteiger partial charge in [-0.05, 0) is 45.6 Å². The molecule has 178 valence electrons. The third-order valence-corrected chi connectivity index (χ3v) is 5.92. The van der Waals surface area contributed by atoms with Crippen LogP contribution in [0.5, 0.6) is 0 Å². The number of amides is 3. The highest BCUT2D eigenvalue weighted by Gasteiger charge is 2.29. The number of carbonyl (C=O) groups excluding carboxylic acids is 3. The Labute approximate surface area is 193 Å². The number of nitrogens with one attached hydrogen (secondary N) is 3. The van der Waals surface area contributed by atoms with Gasteiger partial charge in [-0.15, -0.1) is 11.8 Å². The van der Waals surface area contributed by atoms with E-state index in [1.165, 1.54) is 11.8 Å². The van der Waals surface area contributed by atoms with Gasteiger partial charge in [0.2, 0.25) is 5.91 Å². The number of hydrogen-bond acceptors (Lipinski definition) is 7. The molecule has 0 spiro atoms. The zero-order valence-corrected chi connectivity index (χ0v) is 19.7. The van der Waals surface area contributed by atoms with Gasteiger partial charge in [-0.1, -0.05) is 30.3 Å². The Morgan fingerprint density at radius 2 is 1.84 bits per heavy atom. The number of hydrazine groups is 1. The first-order chi connectivity index (χ1) is 15.2. The van der Waals surface area contributed by atoms with E-state index < -0.39 is 35.6 Å². The van der Waals surface area contributed by atoms with Gasteiger partial charge >= 0.3 is 6.09 Å². The Hall–Kier alpha value is -2.30. The SMILES string of the molecule is CC(C)(C)OC(=O)N[C@@H](Cc1ccccc1)C(=O)N[C@@H](CS[C@@H]1CCCCO1)C(=O)NN. The maximum atomic E-state index is 13.1. The largest absolute Gasteiger partial charge is 0.444 e. The number of thioether (sulfide) groups is 1. The number of carbonyl (C=O) groups is 3. The molecular formula is C22H34N4O5S. The Kier molecular flexibility index (Phi) is 10.3. The van der Waals surface area contributed by atoms with E-state index in [-0.39, 0.29) is 11.9 Å². The molecule has 0 radical (unpaired) electrons. The smallest absolute Gasteiger partial charge is 0.408 e. The van der Waals surface area contributed by atoms with Crippen LogP contribution < -0.4 is 21.9 Å². The highest BCUT2D eigenvalue weighted by atomic mass is 32.2. The lowest BCUT2D eigenvalue weighted by Crippen LogP contribution is -2.56. The van der Waals surface area contributed by atoms with Crippen LogP contribution in [0.4, 0.5) is 4.79 Å². The van der Waals surface area contributed by atoms with Crippen molar-refractivity contribution in [3.05, 3.63) is 35.9 Å². The molecule has 10 heteroatoms. The van der Waals surface area contributed by atoms with Crippen LogP contribution >= 0.6 is 11.8 Å². The monoisotopic (exact) mass is 466 g/mol. The average molecular weight is 467 g/mol. The second kappa shape index (κ2) is 12.7. The Balaban J connectivity index is 2.07. The van der Waals surface area contributed by atoms with Crippen molar-refractivity contribution in [3.63, 3.8) is 0 Å². The summed E-state index contributed by atoms with van der Waals surface area (Å²) in [4.78, 5) is 37.7. The van der Waals surface area contributed by atoms with Gasteiger partial charge < -0.3 is 20.1 Å². The van der Waals surface area contributed by atoms with Gasteiger partial charge in [0.25, 0.3) is 5.91 Å². The molecule has 3 atom stereocenters. The fourth-order valence-corrected chi connectivity index (χ4v) is 4.28. The topological polar surface area (TPSA) is 132 Å². The molecule has 0 aromatic heterocycles. The van der Waals surface area contributed by atoms with E-state index in [1.54, 1.807) is 20.8 Å². The molecule has 0 unspecified atom stereocenters. The zero-order valence-electron chi connectivity index (χ0n) is 18.9. The summed E-state index contributed by atoms with van der Waals surface area (Å²) < 4.78 is 11.0. The minimum Gasteiger partial charge on any atom is -0.444 e. The van der Waals surface area contributed by atoms with E-state index in [2.05, 4.69) is 16.1 Å². The van der Waals surface area contributed by atoms with Crippen LogP contribution in [0.1, 0.15) is 45.6 Å². The summed E-state index contributed by atoms with van der Waals surface area (Å²) in [5, 5.41) is 5.34. The summed E-state index contributed by atoms with van der Waals surface area (Å²) in [6.45, 7) is 5.91. The summed E-state index contributed by atoms with van der Waals surface area (Å²) >= 11 is 1.46. The van der Waals surface area contributed by atoms with Gasteiger partial charge in [0.05, 0.1) is 0 Å². The summed E-state index contributed by atoms with van der Waals surface area (Å²) in [5.74, 6) is 4.60. The van der Waals surface area contributed by atoms with E-state index in [9.17, 15) is 14.4 Å². The molecule has 9 nitrogen and oxygen atoms in total. The Bertz CT molecular complexity index is 750. The van der Waals surface area contributed by atoms with Crippen molar-refractivity contribution in [2.45, 2.75) is 69.6 Å². The first kappa shape index (κ1) is 26.0. The molecule has 32 heavy (non-hydrogen) atoms. The fraction of sp³-hybridized carbons (Fsp3) is 0.591. The van der Waals surface area contributed by atoms with Crippen molar-refractivity contribution >= 4 is 29.7 Å². The number of ether oxygens (including phenoxy) is 2. The van der Waals surface area contributed by atoms with Crippen molar-refractivity contribution in [1.29, 1.82) is 0 Å². The zero-order chi connectivity index (χ0) is 23.6. The molecule has 2 rings (SSSR count). The third kappa shape index (κ3) is 9.46. The second-order valence-corrected chi connectivity index (χ2v) is 9.78. The van der Waals surface area contributed by atoms with Crippen LogP contribution in [-0.2, 0) is 25.5 Å². The van der Waals surface area contributed by atoms with Crippen molar-refractivity contribution in [1.82, 2.24) is 16.1 Å². The minimum absolute atomic E-state index is 0.0197. The van der Waals surface area contributed by atoms with Gasteiger partial charge in [-0.25, -0.2) is 10.6 Å². The van der Waals surface area contributed by atoms with Crippen LogP contribution in [0.25, 0.3) is 0 Å². The molecule has 1 aliphatic heterocycles. The summed E-state index contributed by atoms with van der Waals surface area (Å²) in [6, 6.07) is 7.48. The predicted octanol–water partition coefficient (Wildman–Crippen LogP) is 1.86. The highest BCUT2D eigenvalue weighted by Crippen LogP contribution is 2.24. The van der Waals surface area contributed by atoms with Crippen LogP contribution in [0.3, 0.4) is 0 Å². The van der Waals surface area contributed by atoms with Crippen LogP contribution in [0.2, 0.25) is 0 Å². The van der Waals surface area contributed by atoms with E-state index >= 15 is 0 Å². The maximum absolute atomic E-state index is 13.1. The molecule has 0 aliphatic carbocycles. The van der Waals surface area contributed by atoms with E-state index in [0.717, 1.165) is 24.8 Å². The normalized spacial score (nSPS) is 18.2. The van der Waals surface area contributed by atoms with Gasteiger partial charge in [0.1, 0.15) is 23.1 Å². The molecule has 5 N–H and O–H groups in total. The molecule has 1 fully saturated rings. The molecular weight excluding hydrogens is 432 g/mol. The van der Waals surface area contributed by atoms with Crippen molar-refractivity contribution in [3.8, 4) is 0 Å². The molecule has 1 aromatic rings. The van der Waals surface area contributed by atoms with Gasteiger partial charge in [0, 0.05) is 18.8 Å². The van der Waals surface area contributed by atoms with E-state index in [1.807, 2.05) is 30.3 Å². The number of rotatable bonds is 9. The quantitative estimate of drug-likeness (QED) is 0.248. The van der Waals surface area contributed by atoms with E-state index in [4.69, 9.17) is 15.3 Å². The highest BCUT2D eigenvalue weighted by molar-refractivity contribution is 7.99. The molecule has 0 saturated carbocycles. The fourth-order valence-electron chi connectivity index (χ4n) is 3.11. The lowest BCUT2D eigenvalue weighted by molar-refractivity contribution is -0.129. The molecule has 3 amide bonds. The lowest BCUT2D eigenvalue weighted by atomic mass is 10.0. The first-order valence-corrected chi connectivity index (χ1v) is 11.8. The van der Waals surface area contributed by atoms with Crippen LogP contribution in [0, 0.1) is 0 Å². The van der Waals surface area contributed by atoms with Crippen molar-refractivity contribution in [2.24, 2.45) is 5.84 Å². The standard InChI is InChI=1S/C22H34N4O5S/c1-22(2,3)31-21(29)25-16(13-15-9-5-4-6-10-15)19(27)24-17(20(28)26-23)14-32-18-11-7-8-12-30-18/h4-6,9-10,16-18H,7-8,11-14,23H2,1-3H3,(H,24,27)(H,25,29)(H,26,28)/t16-,17-,18+/m0/s1. The Morgan fingerprint density at radius 3 is 2.44 bits per heavy atom.